The molecule has 0 spiro atoms. The summed E-state index contributed by atoms with van der Waals surface area (Å²) in [5.74, 6) is 0.331. The van der Waals surface area contributed by atoms with Gasteiger partial charge in [-0.05, 0) is 50.8 Å². The molecule has 3 atom stereocenters. The second kappa shape index (κ2) is 10.3. The third-order valence-electron chi connectivity index (χ3n) is 5.01. The monoisotopic (exact) mass is 441 g/mol. The molecule has 1 unspecified atom stereocenters. The van der Waals surface area contributed by atoms with E-state index in [-0.39, 0.29) is 18.0 Å². The molecule has 1 aliphatic rings. The van der Waals surface area contributed by atoms with Gasteiger partial charge in [0.2, 0.25) is 0 Å². The summed E-state index contributed by atoms with van der Waals surface area (Å²) in [6.07, 6.45) is -2.21. The first-order chi connectivity index (χ1) is 14.8. The number of rotatable bonds is 8. The molecule has 0 amide bonds. The lowest BCUT2D eigenvalue weighted by Crippen LogP contribution is -2.29. The van der Waals surface area contributed by atoms with Crippen LogP contribution < -0.4 is 10.1 Å². The number of hydrogen-bond donors (Lipinski definition) is 2. The minimum absolute atomic E-state index is 0.0977. The number of alkyl halides is 3. The van der Waals surface area contributed by atoms with Crippen molar-refractivity contribution >= 4 is 5.82 Å². The van der Waals surface area contributed by atoms with Gasteiger partial charge < -0.3 is 24.6 Å². The zero-order valence-corrected chi connectivity index (χ0v) is 17.4. The molecular formula is C21H26F3N3O4. The summed E-state index contributed by atoms with van der Waals surface area (Å²) in [4.78, 5) is 8.33. The van der Waals surface area contributed by atoms with Gasteiger partial charge in [0.05, 0.1) is 12.2 Å². The predicted octanol–water partition coefficient (Wildman–Crippen LogP) is 4.43. The van der Waals surface area contributed by atoms with E-state index in [1.807, 2.05) is 0 Å². The molecule has 1 fully saturated rings. The van der Waals surface area contributed by atoms with E-state index in [1.165, 1.54) is 18.5 Å². The largest absolute Gasteiger partial charge is 0.573 e. The maximum Gasteiger partial charge on any atom is 0.573 e. The third kappa shape index (κ3) is 6.52. The van der Waals surface area contributed by atoms with E-state index in [0.29, 0.717) is 30.2 Å². The number of aromatic nitrogens is 2. The molecule has 1 saturated heterocycles. The fourth-order valence-corrected chi connectivity index (χ4v) is 3.52. The number of nitrogens with one attached hydrogen (secondary N) is 1. The smallest absolute Gasteiger partial charge is 0.406 e. The molecule has 1 aliphatic heterocycles. The van der Waals surface area contributed by atoms with Gasteiger partial charge in [0.1, 0.15) is 23.6 Å². The Bertz CT molecular complexity index is 849. The van der Waals surface area contributed by atoms with E-state index in [1.54, 1.807) is 26.0 Å². The van der Waals surface area contributed by atoms with Crippen molar-refractivity contribution in [2.24, 2.45) is 0 Å². The number of hydrogen-bond acceptors (Lipinski definition) is 7. The Labute approximate surface area is 178 Å². The Morgan fingerprint density at radius 2 is 1.97 bits per heavy atom. The molecule has 0 radical (unpaired) electrons. The molecule has 1 aromatic carbocycles. The average Bonchev–Trinajstić information content (AvgIpc) is 2.73. The number of nitrogens with zero attached hydrogens (tertiary/aromatic N) is 2. The van der Waals surface area contributed by atoms with Crippen LogP contribution in [0.4, 0.5) is 19.0 Å². The Morgan fingerprint density at radius 1 is 1.23 bits per heavy atom. The second-order valence-corrected chi connectivity index (χ2v) is 7.22. The van der Waals surface area contributed by atoms with E-state index < -0.39 is 12.7 Å². The molecule has 0 aliphatic carbocycles. The highest BCUT2D eigenvalue weighted by Crippen LogP contribution is 2.33. The van der Waals surface area contributed by atoms with Crippen molar-refractivity contribution in [3.05, 3.63) is 47.4 Å². The maximum atomic E-state index is 12.3. The van der Waals surface area contributed by atoms with Crippen molar-refractivity contribution in [3.63, 3.8) is 0 Å². The van der Waals surface area contributed by atoms with Gasteiger partial charge in [0.25, 0.3) is 0 Å². The Hall–Kier alpha value is -2.43. The van der Waals surface area contributed by atoms with Crippen LogP contribution in [0, 0.1) is 6.92 Å². The average molecular weight is 441 g/mol. The third-order valence-corrected chi connectivity index (χ3v) is 5.01. The molecule has 2 heterocycles. The summed E-state index contributed by atoms with van der Waals surface area (Å²) >= 11 is 0. The van der Waals surface area contributed by atoms with Gasteiger partial charge in [-0.15, -0.1) is 13.2 Å². The van der Waals surface area contributed by atoms with Gasteiger partial charge in [-0.2, -0.15) is 0 Å². The van der Waals surface area contributed by atoms with Crippen LogP contribution >= 0.6 is 0 Å². The first-order valence-corrected chi connectivity index (χ1v) is 10.1. The highest BCUT2D eigenvalue weighted by molar-refractivity contribution is 5.45. The highest BCUT2D eigenvalue weighted by atomic mass is 19.4. The molecule has 10 heteroatoms. The second-order valence-electron chi connectivity index (χ2n) is 7.22. The van der Waals surface area contributed by atoms with Gasteiger partial charge in [-0.25, -0.2) is 9.97 Å². The lowest BCUT2D eigenvalue weighted by Gasteiger charge is -2.31. The van der Waals surface area contributed by atoms with E-state index in [2.05, 4.69) is 20.0 Å². The van der Waals surface area contributed by atoms with Crippen LogP contribution in [-0.4, -0.2) is 40.7 Å². The van der Waals surface area contributed by atoms with Gasteiger partial charge in [0, 0.05) is 18.7 Å². The van der Waals surface area contributed by atoms with Crippen LogP contribution in [0.15, 0.2) is 30.6 Å². The highest BCUT2D eigenvalue weighted by Gasteiger charge is 2.31. The SMILES string of the molecule is CCOC(O)c1ncnc(NC[C@H]2CCC[C@@H](c3ccc(OC(F)(F)F)cc3)O2)c1C. The van der Waals surface area contributed by atoms with E-state index >= 15 is 0 Å². The molecule has 31 heavy (non-hydrogen) atoms. The summed E-state index contributed by atoms with van der Waals surface area (Å²) in [5.41, 5.74) is 1.90. The fraction of sp³-hybridized carbons (Fsp3) is 0.524. The topological polar surface area (TPSA) is 85.7 Å². The quantitative estimate of drug-likeness (QED) is 0.586. The lowest BCUT2D eigenvalue weighted by molar-refractivity contribution is -0.274. The van der Waals surface area contributed by atoms with Gasteiger partial charge >= 0.3 is 6.36 Å². The van der Waals surface area contributed by atoms with Crippen molar-refractivity contribution in [2.45, 2.75) is 58.0 Å². The zero-order valence-electron chi connectivity index (χ0n) is 17.4. The number of ether oxygens (including phenoxy) is 3. The van der Waals surface area contributed by atoms with E-state index in [0.717, 1.165) is 24.8 Å². The molecule has 0 bridgehead atoms. The van der Waals surface area contributed by atoms with Crippen LogP contribution in [0.25, 0.3) is 0 Å². The van der Waals surface area contributed by atoms with Crippen molar-refractivity contribution in [3.8, 4) is 5.75 Å². The zero-order chi connectivity index (χ0) is 22.4. The summed E-state index contributed by atoms with van der Waals surface area (Å²) in [7, 11) is 0. The standard InChI is InChI=1S/C21H26F3N3O4/c1-3-29-20(28)18-13(2)19(27-12-26-18)25-11-16-5-4-6-17(30-16)14-7-9-15(10-8-14)31-21(22,23)24/h7-10,12,16-17,20,28H,3-6,11H2,1-2H3,(H,25,26,27)/t16-,17+,20?/m1/s1. The normalized spacial score (nSPS) is 20.3. The van der Waals surface area contributed by atoms with Gasteiger partial charge in [-0.1, -0.05) is 12.1 Å². The number of aliphatic hydroxyl groups excluding tert-OH is 1. The number of halogens is 3. The maximum absolute atomic E-state index is 12.3. The number of benzene rings is 1. The molecule has 3 rings (SSSR count). The molecule has 7 nitrogen and oxygen atoms in total. The molecular weight excluding hydrogens is 415 g/mol. The van der Waals surface area contributed by atoms with Crippen molar-refractivity contribution in [2.75, 3.05) is 18.5 Å². The van der Waals surface area contributed by atoms with Crippen LogP contribution in [0.1, 0.15) is 55.4 Å². The molecule has 170 valence electrons. The number of aliphatic hydroxyl groups is 1. The van der Waals surface area contributed by atoms with E-state index in [9.17, 15) is 18.3 Å². The fourth-order valence-electron chi connectivity index (χ4n) is 3.52. The molecule has 2 aromatic rings. The summed E-state index contributed by atoms with van der Waals surface area (Å²) in [5, 5.41) is 13.3. The van der Waals surface area contributed by atoms with Crippen molar-refractivity contribution in [1.29, 1.82) is 0 Å². The summed E-state index contributed by atoms with van der Waals surface area (Å²) in [6.45, 7) is 4.43. The minimum atomic E-state index is -4.71. The van der Waals surface area contributed by atoms with Crippen molar-refractivity contribution in [1.82, 2.24) is 9.97 Å². The number of anilines is 1. The van der Waals surface area contributed by atoms with Crippen LogP contribution in [0.2, 0.25) is 0 Å². The minimum Gasteiger partial charge on any atom is -0.406 e. The van der Waals surface area contributed by atoms with Crippen LogP contribution in [0.3, 0.4) is 0 Å². The Balaban J connectivity index is 1.59. The van der Waals surface area contributed by atoms with Crippen LogP contribution in [-0.2, 0) is 9.47 Å². The Kier molecular flexibility index (Phi) is 7.69. The van der Waals surface area contributed by atoms with Gasteiger partial charge in [0.15, 0.2) is 6.29 Å². The Morgan fingerprint density at radius 3 is 2.65 bits per heavy atom. The predicted molar refractivity (Wildman–Crippen MR) is 106 cm³/mol. The van der Waals surface area contributed by atoms with Gasteiger partial charge in [-0.3, -0.25) is 0 Å². The van der Waals surface area contributed by atoms with Crippen molar-refractivity contribution < 1.29 is 32.5 Å². The molecule has 0 saturated carbocycles. The molecule has 2 N–H and O–H groups in total. The van der Waals surface area contributed by atoms with E-state index in [4.69, 9.17) is 9.47 Å². The van der Waals surface area contributed by atoms with Crippen LogP contribution in [0.5, 0.6) is 5.75 Å². The summed E-state index contributed by atoms with van der Waals surface area (Å²) < 4.78 is 52.2. The first-order valence-electron chi connectivity index (χ1n) is 10.1. The first kappa shape index (κ1) is 23.2. The lowest BCUT2D eigenvalue weighted by atomic mass is 9.98. The summed E-state index contributed by atoms with van der Waals surface area (Å²) in [6, 6.07) is 5.78. The molecule has 1 aromatic heterocycles.